The van der Waals surface area contributed by atoms with E-state index in [-0.39, 0.29) is 10.9 Å². The van der Waals surface area contributed by atoms with E-state index in [1.807, 2.05) is 26.8 Å². The highest BCUT2D eigenvalue weighted by Gasteiger charge is 2.31. The van der Waals surface area contributed by atoms with Gasteiger partial charge in [0, 0.05) is 12.2 Å². The largest absolute Gasteiger partial charge is 0.476 e. The molecule has 0 atom stereocenters. The number of amides is 1. The standard InChI is InChI=1S/C24H27FN6O4S2/c1-24(2,3)35-23(34)31(14-6-9-26-10-7-14)15-4-5-17(28-12-15)30-22-29-13-18(37-22)36-16-8-11-27-20(19(16)25)21(32)33/h4-5,8,11-14,26H,6-7,9-10H2,1-3H3,(H,32,33)(H,28,29,30). The van der Waals surface area contributed by atoms with Crippen LogP contribution in [0.3, 0.4) is 0 Å². The lowest BCUT2D eigenvalue weighted by Crippen LogP contribution is -2.48. The molecule has 13 heteroatoms. The number of nitrogens with one attached hydrogen (secondary N) is 2. The van der Waals surface area contributed by atoms with Gasteiger partial charge in [-0.1, -0.05) is 23.1 Å². The average molecular weight is 547 g/mol. The molecule has 1 aliphatic heterocycles. The first-order valence-electron chi connectivity index (χ1n) is 11.6. The number of rotatable bonds is 7. The van der Waals surface area contributed by atoms with Crippen molar-refractivity contribution in [1.82, 2.24) is 20.3 Å². The number of halogens is 1. The van der Waals surface area contributed by atoms with Gasteiger partial charge in [-0.3, -0.25) is 4.90 Å². The Hall–Kier alpha value is -3.29. The van der Waals surface area contributed by atoms with Crippen LogP contribution < -0.4 is 15.5 Å². The number of pyridine rings is 2. The van der Waals surface area contributed by atoms with Crippen LogP contribution in [-0.4, -0.2) is 56.9 Å². The lowest BCUT2D eigenvalue weighted by molar-refractivity contribution is 0.0558. The predicted octanol–water partition coefficient (Wildman–Crippen LogP) is 5.16. The van der Waals surface area contributed by atoms with Gasteiger partial charge in [0.25, 0.3) is 0 Å². The molecule has 4 rings (SSSR count). The van der Waals surface area contributed by atoms with Crippen molar-refractivity contribution >= 4 is 51.8 Å². The van der Waals surface area contributed by atoms with Crippen molar-refractivity contribution in [2.24, 2.45) is 0 Å². The van der Waals surface area contributed by atoms with Gasteiger partial charge >= 0.3 is 12.1 Å². The monoisotopic (exact) mass is 546 g/mol. The van der Waals surface area contributed by atoms with Gasteiger partial charge in [0.05, 0.1) is 27.2 Å². The minimum Gasteiger partial charge on any atom is -0.476 e. The van der Waals surface area contributed by atoms with Gasteiger partial charge in [-0.25, -0.2) is 28.9 Å². The van der Waals surface area contributed by atoms with E-state index < -0.39 is 29.2 Å². The summed E-state index contributed by atoms with van der Waals surface area (Å²) in [7, 11) is 0. The van der Waals surface area contributed by atoms with Gasteiger partial charge in [0.2, 0.25) is 0 Å². The molecule has 0 saturated carbocycles. The van der Waals surface area contributed by atoms with Crippen molar-refractivity contribution in [3.05, 3.63) is 48.3 Å². The summed E-state index contributed by atoms with van der Waals surface area (Å²) in [6.07, 6.45) is 5.66. The third-order valence-corrected chi connectivity index (χ3v) is 7.33. The number of aromatic carboxylic acids is 1. The second-order valence-electron chi connectivity index (χ2n) is 9.22. The third kappa shape index (κ3) is 6.93. The van der Waals surface area contributed by atoms with Crippen LogP contribution in [0, 0.1) is 5.82 Å². The second kappa shape index (κ2) is 11.4. The molecule has 0 bridgehead atoms. The molecular weight excluding hydrogens is 519 g/mol. The zero-order valence-corrected chi connectivity index (χ0v) is 22.2. The number of aromatic nitrogens is 3. The molecule has 1 amide bonds. The van der Waals surface area contributed by atoms with Crippen molar-refractivity contribution in [3.8, 4) is 0 Å². The summed E-state index contributed by atoms with van der Waals surface area (Å²) >= 11 is 2.33. The summed E-state index contributed by atoms with van der Waals surface area (Å²) in [6, 6.07) is 4.98. The van der Waals surface area contributed by atoms with Crippen LogP contribution in [0.1, 0.15) is 44.1 Å². The summed E-state index contributed by atoms with van der Waals surface area (Å²) in [4.78, 5) is 38.3. The van der Waals surface area contributed by atoms with E-state index >= 15 is 0 Å². The van der Waals surface area contributed by atoms with Crippen LogP contribution in [0.2, 0.25) is 0 Å². The highest BCUT2D eigenvalue weighted by molar-refractivity contribution is 8.01. The molecule has 0 aromatic carbocycles. The van der Waals surface area contributed by atoms with Gasteiger partial charge in [-0.05, 0) is 64.9 Å². The summed E-state index contributed by atoms with van der Waals surface area (Å²) in [6.45, 7) is 7.16. The van der Waals surface area contributed by atoms with Crippen LogP contribution in [0.25, 0.3) is 0 Å². The van der Waals surface area contributed by atoms with Crippen molar-refractivity contribution < 1.29 is 23.8 Å². The van der Waals surface area contributed by atoms with Crippen LogP contribution in [0.5, 0.6) is 0 Å². The minimum atomic E-state index is -1.42. The fourth-order valence-corrected chi connectivity index (χ4v) is 5.55. The number of nitrogens with zero attached hydrogens (tertiary/aromatic N) is 4. The molecule has 1 saturated heterocycles. The highest BCUT2D eigenvalue weighted by atomic mass is 32.2. The molecule has 4 heterocycles. The molecule has 3 N–H and O–H groups in total. The summed E-state index contributed by atoms with van der Waals surface area (Å²) in [5.41, 5.74) is -0.599. The maximum atomic E-state index is 14.4. The molecule has 10 nitrogen and oxygen atoms in total. The fraction of sp³-hybridized carbons (Fsp3) is 0.375. The number of carbonyl (C=O) groups is 2. The quantitative estimate of drug-likeness (QED) is 0.365. The van der Waals surface area contributed by atoms with Crippen molar-refractivity contribution in [3.63, 3.8) is 0 Å². The Morgan fingerprint density at radius 2 is 1.95 bits per heavy atom. The van der Waals surface area contributed by atoms with Crippen molar-refractivity contribution in [2.45, 2.75) is 54.4 Å². The highest BCUT2D eigenvalue weighted by Crippen LogP contribution is 2.36. The van der Waals surface area contributed by atoms with Crippen LogP contribution in [0.4, 0.5) is 25.8 Å². The number of carboxylic acids is 1. The number of carbonyl (C=O) groups excluding carboxylic acids is 1. The normalized spacial score (nSPS) is 14.3. The van der Waals surface area contributed by atoms with Gasteiger partial charge < -0.3 is 20.5 Å². The summed E-state index contributed by atoms with van der Waals surface area (Å²) < 4.78 is 20.7. The SMILES string of the molecule is CC(C)(C)OC(=O)N(c1ccc(Nc2ncc(Sc3ccnc(C(=O)O)c3F)s2)nc1)C1CCNCC1. The molecule has 1 aliphatic rings. The van der Waals surface area contributed by atoms with Gasteiger partial charge in [0.15, 0.2) is 16.6 Å². The predicted molar refractivity (Wildman–Crippen MR) is 140 cm³/mol. The smallest absolute Gasteiger partial charge is 0.415 e. The molecule has 3 aromatic rings. The lowest BCUT2D eigenvalue weighted by Gasteiger charge is -2.35. The lowest BCUT2D eigenvalue weighted by atomic mass is 10.0. The number of piperidine rings is 1. The summed E-state index contributed by atoms with van der Waals surface area (Å²) in [5, 5.41) is 16.0. The Morgan fingerprint density at radius 1 is 1.19 bits per heavy atom. The Bertz CT molecular complexity index is 1260. The van der Waals surface area contributed by atoms with Gasteiger partial charge in [-0.2, -0.15) is 0 Å². The molecule has 0 spiro atoms. The first-order valence-corrected chi connectivity index (χ1v) is 13.2. The Kier molecular flexibility index (Phi) is 8.25. The first kappa shape index (κ1) is 26.8. The van der Waals surface area contributed by atoms with Crippen LogP contribution in [0.15, 0.2) is 45.9 Å². The average Bonchev–Trinajstić information content (AvgIpc) is 3.28. The molecule has 0 radical (unpaired) electrons. The second-order valence-corrected chi connectivity index (χ2v) is 11.6. The number of carboxylic acid groups (broad SMARTS) is 1. The van der Waals surface area contributed by atoms with E-state index in [4.69, 9.17) is 9.84 Å². The number of ether oxygens (including phenoxy) is 1. The zero-order chi connectivity index (χ0) is 26.6. The number of thiazole rings is 1. The number of anilines is 3. The Morgan fingerprint density at radius 3 is 2.59 bits per heavy atom. The molecule has 37 heavy (non-hydrogen) atoms. The third-order valence-electron chi connectivity index (χ3n) is 5.28. The summed E-state index contributed by atoms with van der Waals surface area (Å²) in [5.74, 6) is -1.79. The molecule has 0 unspecified atom stereocenters. The van der Waals surface area contributed by atoms with E-state index in [2.05, 4.69) is 25.6 Å². The maximum Gasteiger partial charge on any atom is 0.415 e. The van der Waals surface area contributed by atoms with Crippen molar-refractivity contribution in [1.29, 1.82) is 0 Å². The van der Waals surface area contributed by atoms with Gasteiger partial charge in [0.1, 0.15) is 11.4 Å². The Labute approximate surface area is 221 Å². The van der Waals surface area contributed by atoms with Gasteiger partial charge in [-0.15, -0.1) is 0 Å². The van der Waals surface area contributed by atoms with Crippen LogP contribution in [-0.2, 0) is 4.74 Å². The molecule has 3 aromatic heterocycles. The maximum absolute atomic E-state index is 14.4. The Balaban J connectivity index is 1.46. The van der Waals surface area contributed by atoms with E-state index in [9.17, 15) is 14.0 Å². The molecule has 196 valence electrons. The van der Waals surface area contributed by atoms with Crippen molar-refractivity contribution in [2.75, 3.05) is 23.3 Å². The topological polar surface area (TPSA) is 130 Å². The molecular formula is C24H27FN6O4S2. The van der Waals surface area contributed by atoms with E-state index in [0.717, 1.165) is 37.7 Å². The molecule has 0 aliphatic carbocycles. The van der Waals surface area contributed by atoms with E-state index in [1.54, 1.807) is 23.4 Å². The number of hydrogen-bond acceptors (Lipinski definition) is 10. The zero-order valence-electron chi connectivity index (χ0n) is 20.5. The van der Waals surface area contributed by atoms with E-state index in [0.29, 0.717) is 20.8 Å². The van der Waals surface area contributed by atoms with E-state index in [1.165, 1.54) is 23.6 Å². The number of hydrogen-bond donors (Lipinski definition) is 3. The first-order chi connectivity index (χ1) is 17.6. The minimum absolute atomic E-state index is 0.00507. The van der Waals surface area contributed by atoms with Crippen LogP contribution >= 0.6 is 23.1 Å². The molecule has 1 fully saturated rings. The fourth-order valence-electron chi connectivity index (χ4n) is 3.68.